The lowest BCUT2D eigenvalue weighted by atomic mass is 9.97. The maximum Gasteiger partial charge on any atom is 0.310 e. The van der Waals surface area contributed by atoms with Gasteiger partial charge in [0.1, 0.15) is 12.4 Å². The normalized spacial score (nSPS) is 19.6. The highest BCUT2D eigenvalue weighted by atomic mass is 127. The maximum absolute atomic E-state index is 10.8. The van der Waals surface area contributed by atoms with Crippen molar-refractivity contribution in [2.24, 2.45) is 5.92 Å². The van der Waals surface area contributed by atoms with Gasteiger partial charge in [-0.05, 0) is 52.8 Å². The number of hydrogen-bond donors (Lipinski definition) is 1. The second-order valence-electron chi connectivity index (χ2n) is 3.30. The Bertz CT molecular complexity index is 376. The molecule has 4 heteroatoms. The van der Waals surface area contributed by atoms with Gasteiger partial charge in [-0.15, -0.1) is 0 Å². The van der Waals surface area contributed by atoms with Gasteiger partial charge in [0.2, 0.25) is 0 Å². The summed E-state index contributed by atoms with van der Waals surface area (Å²) in [6.07, 6.45) is 0.571. The summed E-state index contributed by atoms with van der Waals surface area (Å²) in [7, 11) is 0. The average molecular weight is 304 g/mol. The molecule has 74 valence electrons. The molecule has 1 aliphatic rings. The number of aliphatic carboxylic acids is 1. The van der Waals surface area contributed by atoms with E-state index in [0.717, 1.165) is 14.9 Å². The largest absolute Gasteiger partial charge is 0.492 e. The molecule has 0 aromatic heterocycles. The van der Waals surface area contributed by atoms with E-state index in [0.29, 0.717) is 6.42 Å². The summed E-state index contributed by atoms with van der Waals surface area (Å²) < 4.78 is 6.48. The molecule has 3 nitrogen and oxygen atoms in total. The minimum Gasteiger partial charge on any atom is -0.492 e. The molecule has 1 heterocycles. The van der Waals surface area contributed by atoms with Crippen LogP contribution in [-0.2, 0) is 11.2 Å². The van der Waals surface area contributed by atoms with Crippen LogP contribution in [0.4, 0.5) is 0 Å². The molecule has 1 N–H and O–H groups in total. The van der Waals surface area contributed by atoms with Crippen LogP contribution in [0.3, 0.4) is 0 Å². The first kappa shape index (κ1) is 9.76. The van der Waals surface area contributed by atoms with Crippen molar-refractivity contribution < 1.29 is 14.6 Å². The van der Waals surface area contributed by atoms with Crippen LogP contribution in [0.5, 0.6) is 5.75 Å². The minimum atomic E-state index is -0.783. The summed E-state index contributed by atoms with van der Waals surface area (Å²) in [4.78, 5) is 10.8. The van der Waals surface area contributed by atoms with E-state index < -0.39 is 11.9 Å². The van der Waals surface area contributed by atoms with Crippen molar-refractivity contribution in [3.8, 4) is 5.75 Å². The molecule has 14 heavy (non-hydrogen) atoms. The Balaban J connectivity index is 2.29. The molecular weight excluding hydrogens is 295 g/mol. The topological polar surface area (TPSA) is 46.5 Å². The van der Waals surface area contributed by atoms with Crippen molar-refractivity contribution in [1.29, 1.82) is 0 Å². The van der Waals surface area contributed by atoms with Gasteiger partial charge in [-0.2, -0.15) is 0 Å². The predicted molar refractivity (Wildman–Crippen MR) is 59.5 cm³/mol. The molecule has 0 radical (unpaired) electrons. The van der Waals surface area contributed by atoms with E-state index in [9.17, 15) is 4.79 Å². The van der Waals surface area contributed by atoms with E-state index in [4.69, 9.17) is 9.84 Å². The van der Waals surface area contributed by atoms with E-state index >= 15 is 0 Å². The van der Waals surface area contributed by atoms with Gasteiger partial charge in [0.25, 0.3) is 0 Å². The van der Waals surface area contributed by atoms with Crippen LogP contribution in [0, 0.1) is 9.49 Å². The third-order valence-electron chi connectivity index (χ3n) is 2.28. The van der Waals surface area contributed by atoms with Crippen LogP contribution in [0.2, 0.25) is 0 Å². The smallest absolute Gasteiger partial charge is 0.310 e. The number of ether oxygens (including phenoxy) is 1. The fourth-order valence-electron chi connectivity index (χ4n) is 1.52. The van der Waals surface area contributed by atoms with Gasteiger partial charge in [-0.25, -0.2) is 0 Å². The van der Waals surface area contributed by atoms with E-state index in [1.807, 2.05) is 18.2 Å². The second kappa shape index (κ2) is 3.76. The highest BCUT2D eigenvalue weighted by Crippen LogP contribution is 2.28. The van der Waals surface area contributed by atoms with Crippen molar-refractivity contribution in [3.05, 3.63) is 27.3 Å². The monoisotopic (exact) mass is 304 g/mol. The highest BCUT2D eigenvalue weighted by molar-refractivity contribution is 14.1. The van der Waals surface area contributed by atoms with Crippen LogP contribution >= 0.6 is 22.6 Å². The Morgan fingerprint density at radius 1 is 1.57 bits per heavy atom. The Morgan fingerprint density at radius 2 is 2.36 bits per heavy atom. The average Bonchev–Trinajstić information content (AvgIpc) is 2.16. The van der Waals surface area contributed by atoms with Crippen LogP contribution in [0.15, 0.2) is 18.2 Å². The first-order chi connectivity index (χ1) is 6.66. The summed E-state index contributed by atoms with van der Waals surface area (Å²) in [5.41, 5.74) is 0.996. The van der Waals surface area contributed by atoms with Gasteiger partial charge in [0, 0.05) is 3.57 Å². The van der Waals surface area contributed by atoms with Crippen LogP contribution in [-0.4, -0.2) is 17.7 Å². The quantitative estimate of drug-likeness (QED) is 0.806. The molecule has 1 unspecified atom stereocenters. The van der Waals surface area contributed by atoms with Gasteiger partial charge in [-0.3, -0.25) is 4.79 Å². The zero-order valence-corrected chi connectivity index (χ0v) is 9.52. The lowest BCUT2D eigenvalue weighted by Gasteiger charge is -2.22. The molecule has 1 atom stereocenters. The molecule has 1 aromatic carbocycles. The first-order valence-electron chi connectivity index (χ1n) is 4.31. The summed E-state index contributed by atoms with van der Waals surface area (Å²) in [6.45, 7) is 0.281. The Kier molecular flexibility index (Phi) is 2.62. The molecule has 0 amide bonds. The van der Waals surface area contributed by atoms with Gasteiger partial charge in [-0.1, -0.05) is 0 Å². The maximum atomic E-state index is 10.8. The third kappa shape index (κ3) is 1.84. The second-order valence-corrected chi connectivity index (χ2v) is 4.55. The van der Waals surface area contributed by atoms with Crippen LogP contribution < -0.4 is 4.74 Å². The molecule has 0 bridgehead atoms. The fraction of sp³-hybridized carbons (Fsp3) is 0.300. The van der Waals surface area contributed by atoms with Crippen molar-refractivity contribution >= 4 is 28.6 Å². The molecular formula is C10H9IO3. The predicted octanol–water partition coefficient (Wildman–Crippen LogP) is 1.93. The van der Waals surface area contributed by atoms with Gasteiger partial charge in [0.05, 0.1) is 5.92 Å². The molecule has 0 spiro atoms. The number of halogens is 1. The van der Waals surface area contributed by atoms with E-state index in [2.05, 4.69) is 22.6 Å². The van der Waals surface area contributed by atoms with Gasteiger partial charge < -0.3 is 9.84 Å². The van der Waals surface area contributed by atoms with Crippen molar-refractivity contribution in [3.63, 3.8) is 0 Å². The fourth-order valence-corrected chi connectivity index (χ4v) is 2.08. The van der Waals surface area contributed by atoms with Crippen molar-refractivity contribution in [2.75, 3.05) is 6.61 Å². The summed E-state index contributed by atoms with van der Waals surface area (Å²) in [6, 6.07) is 5.83. The molecule has 0 saturated carbocycles. The molecule has 0 fully saturated rings. The molecule has 0 saturated heterocycles. The third-order valence-corrected chi connectivity index (χ3v) is 2.95. The Hall–Kier alpha value is -0.780. The van der Waals surface area contributed by atoms with Gasteiger partial charge >= 0.3 is 5.97 Å². The number of fused-ring (bicyclic) bond motifs is 1. The number of benzene rings is 1. The SMILES string of the molecule is O=C(O)C1COc2ccc(I)cc2C1. The number of rotatable bonds is 1. The summed E-state index contributed by atoms with van der Waals surface area (Å²) in [5, 5.41) is 8.85. The standard InChI is InChI=1S/C10H9IO3/c11-8-1-2-9-6(4-8)3-7(5-14-9)10(12)13/h1-2,4,7H,3,5H2,(H,12,13). The van der Waals surface area contributed by atoms with Crippen LogP contribution in [0.1, 0.15) is 5.56 Å². The van der Waals surface area contributed by atoms with Crippen molar-refractivity contribution in [2.45, 2.75) is 6.42 Å². The first-order valence-corrected chi connectivity index (χ1v) is 5.39. The number of carboxylic acids is 1. The summed E-state index contributed by atoms with van der Waals surface area (Å²) in [5.74, 6) is -0.363. The Labute approximate surface area is 95.2 Å². The molecule has 1 aliphatic heterocycles. The number of carbonyl (C=O) groups is 1. The molecule has 1 aromatic rings. The zero-order valence-electron chi connectivity index (χ0n) is 7.37. The number of hydrogen-bond acceptors (Lipinski definition) is 2. The van der Waals surface area contributed by atoms with E-state index in [1.165, 1.54) is 0 Å². The zero-order chi connectivity index (χ0) is 10.1. The van der Waals surface area contributed by atoms with Gasteiger partial charge in [0.15, 0.2) is 0 Å². The van der Waals surface area contributed by atoms with Crippen molar-refractivity contribution in [1.82, 2.24) is 0 Å². The molecule has 0 aliphatic carbocycles. The van der Waals surface area contributed by atoms with E-state index in [1.54, 1.807) is 0 Å². The summed E-state index contributed by atoms with van der Waals surface area (Å²) >= 11 is 2.21. The Morgan fingerprint density at radius 3 is 3.07 bits per heavy atom. The highest BCUT2D eigenvalue weighted by Gasteiger charge is 2.25. The lowest BCUT2D eigenvalue weighted by molar-refractivity contribution is -0.143. The van der Waals surface area contributed by atoms with Crippen LogP contribution in [0.25, 0.3) is 0 Å². The number of carboxylic acid groups (broad SMARTS) is 1. The van der Waals surface area contributed by atoms with E-state index in [-0.39, 0.29) is 6.61 Å². The lowest BCUT2D eigenvalue weighted by Crippen LogP contribution is -2.27. The minimum absolute atomic E-state index is 0.281. The molecule has 2 rings (SSSR count).